The summed E-state index contributed by atoms with van der Waals surface area (Å²) < 4.78 is 44.9. The number of hydrogen-bond acceptors (Lipinski definition) is 5. The van der Waals surface area contributed by atoms with E-state index in [1.54, 1.807) is 37.3 Å². The average Bonchev–Trinajstić information content (AvgIpc) is 3.25. The number of nitrogens with one attached hydrogen (secondary N) is 1. The van der Waals surface area contributed by atoms with Crippen molar-refractivity contribution in [2.75, 3.05) is 18.5 Å². The fourth-order valence-electron chi connectivity index (χ4n) is 3.29. The first-order valence-corrected chi connectivity index (χ1v) is 11.3. The van der Waals surface area contributed by atoms with Crippen molar-refractivity contribution in [2.24, 2.45) is 0 Å². The molecule has 0 aromatic heterocycles. The summed E-state index contributed by atoms with van der Waals surface area (Å²) in [5.74, 6) is -1.41. The fraction of sp³-hybridized carbons (Fsp3) is 0.273. The van der Waals surface area contributed by atoms with Gasteiger partial charge in [0, 0.05) is 18.3 Å². The molecular weight excluding hydrogens is 423 g/mol. The Morgan fingerprint density at radius 3 is 2.48 bits per heavy atom. The highest BCUT2D eigenvalue weighted by molar-refractivity contribution is 7.89. The summed E-state index contributed by atoms with van der Waals surface area (Å²) in [6.45, 7) is 2.23. The number of hydrogen-bond donors (Lipinski definition) is 1. The van der Waals surface area contributed by atoms with E-state index in [0.29, 0.717) is 25.1 Å². The second kappa shape index (κ2) is 9.84. The van der Waals surface area contributed by atoms with Crippen LogP contribution in [0.4, 0.5) is 10.1 Å². The molecule has 2 aromatic rings. The van der Waals surface area contributed by atoms with Crippen LogP contribution in [0.5, 0.6) is 0 Å². The van der Waals surface area contributed by atoms with Gasteiger partial charge in [-0.15, -0.1) is 0 Å². The Morgan fingerprint density at radius 2 is 1.84 bits per heavy atom. The van der Waals surface area contributed by atoms with Crippen molar-refractivity contribution in [1.82, 2.24) is 4.31 Å². The molecule has 9 heteroatoms. The SMILES string of the molecule is CCOC(=O)/C=C/c1ccc(NC(=O)C2CCCN2S(=O)(=O)c2ccc(F)cc2)cc1. The van der Waals surface area contributed by atoms with Crippen molar-refractivity contribution in [2.45, 2.75) is 30.7 Å². The van der Waals surface area contributed by atoms with Crippen molar-refractivity contribution >= 4 is 33.7 Å². The molecule has 1 N–H and O–H groups in total. The van der Waals surface area contributed by atoms with Gasteiger partial charge in [0.1, 0.15) is 11.9 Å². The molecule has 0 aliphatic carbocycles. The first kappa shape index (κ1) is 22.6. The van der Waals surface area contributed by atoms with Crippen LogP contribution < -0.4 is 5.32 Å². The van der Waals surface area contributed by atoms with E-state index in [9.17, 15) is 22.4 Å². The minimum absolute atomic E-state index is 0.0497. The summed E-state index contributed by atoms with van der Waals surface area (Å²) >= 11 is 0. The lowest BCUT2D eigenvalue weighted by molar-refractivity contribution is -0.137. The summed E-state index contributed by atoms with van der Waals surface area (Å²) in [6, 6.07) is 10.5. The van der Waals surface area contributed by atoms with Crippen molar-refractivity contribution in [1.29, 1.82) is 0 Å². The van der Waals surface area contributed by atoms with Gasteiger partial charge in [0.25, 0.3) is 0 Å². The van der Waals surface area contributed by atoms with Crippen LogP contribution in [-0.4, -0.2) is 43.8 Å². The molecule has 2 aromatic carbocycles. The molecule has 1 amide bonds. The second-order valence-electron chi connectivity index (χ2n) is 6.92. The average molecular weight is 447 g/mol. The van der Waals surface area contributed by atoms with Gasteiger partial charge in [-0.25, -0.2) is 17.6 Å². The van der Waals surface area contributed by atoms with Crippen LogP contribution in [0.3, 0.4) is 0 Å². The maximum Gasteiger partial charge on any atom is 0.330 e. The van der Waals surface area contributed by atoms with Gasteiger partial charge in [0.05, 0.1) is 11.5 Å². The van der Waals surface area contributed by atoms with Crippen molar-refractivity contribution in [3.05, 3.63) is 66.0 Å². The quantitative estimate of drug-likeness (QED) is 0.521. The van der Waals surface area contributed by atoms with E-state index in [0.717, 1.165) is 22.0 Å². The molecular formula is C22H23FN2O5S. The summed E-state index contributed by atoms with van der Waals surface area (Å²) in [5, 5.41) is 2.74. The van der Waals surface area contributed by atoms with Crippen LogP contribution in [0, 0.1) is 5.82 Å². The van der Waals surface area contributed by atoms with Gasteiger partial charge in [0.2, 0.25) is 15.9 Å². The third-order valence-electron chi connectivity index (χ3n) is 4.80. The number of anilines is 1. The monoisotopic (exact) mass is 446 g/mol. The van der Waals surface area contributed by atoms with Gasteiger partial charge < -0.3 is 10.1 Å². The molecule has 1 unspecified atom stereocenters. The van der Waals surface area contributed by atoms with Gasteiger partial charge in [-0.2, -0.15) is 4.31 Å². The topological polar surface area (TPSA) is 92.8 Å². The summed E-state index contributed by atoms with van der Waals surface area (Å²) in [5.41, 5.74) is 1.25. The molecule has 1 atom stereocenters. The highest BCUT2D eigenvalue weighted by Crippen LogP contribution is 2.27. The van der Waals surface area contributed by atoms with E-state index >= 15 is 0 Å². The van der Waals surface area contributed by atoms with Crippen LogP contribution in [0.25, 0.3) is 6.08 Å². The number of esters is 1. The van der Waals surface area contributed by atoms with E-state index in [1.165, 1.54) is 18.2 Å². The zero-order valence-corrected chi connectivity index (χ0v) is 17.8. The minimum Gasteiger partial charge on any atom is -0.463 e. The predicted molar refractivity (Wildman–Crippen MR) is 114 cm³/mol. The van der Waals surface area contributed by atoms with Gasteiger partial charge in [-0.1, -0.05) is 12.1 Å². The lowest BCUT2D eigenvalue weighted by Gasteiger charge is -2.23. The maximum atomic E-state index is 13.2. The first-order valence-electron chi connectivity index (χ1n) is 9.84. The van der Waals surface area contributed by atoms with Crippen molar-refractivity contribution < 1.29 is 27.1 Å². The van der Waals surface area contributed by atoms with Crippen LogP contribution in [-0.2, 0) is 24.3 Å². The number of sulfonamides is 1. The number of nitrogens with zero attached hydrogens (tertiary/aromatic N) is 1. The van der Waals surface area contributed by atoms with Gasteiger partial charge in [-0.3, -0.25) is 4.79 Å². The fourth-order valence-corrected chi connectivity index (χ4v) is 4.95. The molecule has 0 bridgehead atoms. The van der Waals surface area contributed by atoms with E-state index in [-0.39, 0.29) is 11.4 Å². The molecule has 0 saturated carbocycles. The molecule has 164 valence electrons. The molecule has 1 fully saturated rings. The highest BCUT2D eigenvalue weighted by atomic mass is 32.2. The van der Waals surface area contributed by atoms with E-state index < -0.39 is 33.8 Å². The molecule has 31 heavy (non-hydrogen) atoms. The van der Waals surface area contributed by atoms with Gasteiger partial charge in [-0.05, 0) is 67.8 Å². The normalized spacial score (nSPS) is 17.0. The predicted octanol–water partition coefficient (Wildman–Crippen LogP) is 3.19. The molecule has 3 rings (SSSR count). The lowest BCUT2D eigenvalue weighted by atomic mass is 10.1. The van der Waals surface area contributed by atoms with Crippen LogP contribution in [0.15, 0.2) is 59.5 Å². The molecule has 1 aliphatic heterocycles. The summed E-state index contributed by atoms with van der Waals surface area (Å²) in [6.07, 6.45) is 3.86. The lowest BCUT2D eigenvalue weighted by Crippen LogP contribution is -2.43. The summed E-state index contributed by atoms with van der Waals surface area (Å²) in [7, 11) is -3.92. The van der Waals surface area contributed by atoms with Gasteiger partial charge >= 0.3 is 5.97 Å². The Balaban J connectivity index is 1.68. The van der Waals surface area contributed by atoms with Crippen molar-refractivity contribution in [3.8, 4) is 0 Å². The molecule has 0 spiro atoms. The van der Waals surface area contributed by atoms with E-state index in [2.05, 4.69) is 5.32 Å². The molecule has 1 heterocycles. The third-order valence-corrected chi connectivity index (χ3v) is 6.73. The zero-order chi connectivity index (χ0) is 22.4. The van der Waals surface area contributed by atoms with Gasteiger partial charge in [0.15, 0.2) is 0 Å². The van der Waals surface area contributed by atoms with Crippen LogP contribution >= 0.6 is 0 Å². The molecule has 7 nitrogen and oxygen atoms in total. The summed E-state index contributed by atoms with van der Waals surface area (Å²) in [4.78, 5) is 24.1. The molecule has 1 aliphatic rings. The number of halogens is 1. The Hall–Kier alpha value is -3.04. The number of carbonyl (C=O) groups is 2. The third kappa shape index (κ3) is 5.56. The van der Waals surface area contributed by atoms with Crippen LogP contribution in [0.2, 0.25) is 0 Å². The smallest absolute Gasteiger partial charge is 0.330 e. The highest BCUT2D eigenvalue weighted by Gasteiger charge is 2.39. The zero-order valence-electron chi connectivity index (χ0n) is 17.0. The molecule has 1 saturated heterocycles. The molecule has 0 radical (unpaired) electrons. The van der Waals surface area contributed by atoms with E-state index in [1.807, 2.05) is 0 Å². The Labute approximate surface area is 180 Å². The number of ether oxygens (including phenoxy) is 1. The number of amides is 1. The standard InChI is InChI=1S/C22H23FN2O5S/c1-2-30-21(26)14-7-16-5-10-18(11-6-16)24-22(27)20-4-3-15-25(20)31(28,29)19-12-8-17(23)9-13-19/h5-14,20H,2-4,15H2,1H3,(H,24,27)/b14-7+. The van der Waals surface area contributed by atoms with Crippen molar-refractivity contribution in [3.63, 3.8) is 0 Å². The number of benzene rings is 2. The Kier molecular flexibility index (Phi) is 7.19. The minimum atomic E-state index is -3.92. The second-order valence-corrected chi connectivity index (χ2v) is 8.81. The Bertz CT molecular complexity index is 1070. The maximum absolute atomic E-state index is 13.2. The Morgan fingerprint density at radius 1 is 1.16 bits per heavy atom. The largest absolute Gasteiger partial charge is 0.463 e. The van der Waals surface area contributed by atoms with E-state index in [4.69, 9.17) is 4.74 Å². The number of rotatable bonds is 7. The first-order chi connectivity index (χ1) is 14.8. The van der Waals surface area contributed by atoms with Crippen LogP contribution in [0.1, 0.15) is 25.3 Å². The number of carbonyl (C=O) groups excluding carboxylic acids is 2.